The molecule has 4 heterocycles. The number of rotatable bonds is 4. The Bertz CT molecular complexity index is 1020. The van der Waals surface area contributed by atoms with Crippen LogP contribution < -0.4 is 9.80 Å². The minimum absolute atomic E-state index is 0.121. The lowest BCUT2D eigenvalue weighted by molar-refractivity contribution is -0.384. The SMILES string of the molecule is CC(C)(C)OC(=O)N1CCN(c2nc3nc(N4CCC(CO)CC4)c([N+](=O)[O-])cc3o2)CC1. The second-order valence-corrected chi connectivity index (χ2v) is 9.47. The van der Waals surface area contributed by atoms with E-state index in [9.17, 15) is 20.0 Å². The molecule has 0 atom stereocenters. The van der Waals surface area contributed by atoms with Gasteiger partial charge in [-0.3, -0.25) is 10.1 Å². The van der Waals surface area contributed by atoms with Gasteiger partial charge in [0, 0.05) is 45.9 Å². The van der Waals surface area contributed by atoms with Crippen LogP contribution in [0.2, 0.25) is 0 Å². The first-order valence-corrected chi connectivity index (χ1v) is 11.2. The molecule has 0 unspecified atom stereocenters. The summed E-state index contributed by atoms with van der Waals surface area (Å²) in [6.45, 7) is 8.67. The van der Waals surface area contributed by atoms with Gasteiger partial charge in [0.25, 0.3) is 6.01 Å². The van der Waals surface area contributed by atoms with Crippen molar-refractivity contribution in [1.82, 2.24) is 14.9 Å². The molecule has 2 saturated heterocycles. The van der Waals surface area contributed by atoms with Crippen LogP contribution in [0.1, 0.15) is 33.6 Å². The summed E-state index contributed by atoms with van der Waals surface area (Å²) >= 11 is 0. The van der Waals surface area contributed by atoms with Crippen molar-refractivity contribution in [2.45, 2.75) is 39.2 Å². The Morgan fingerprint density at radius 3 is 2.42 bits per heavy atom. The van der Waals surface area contributed by atoms with E-state index in [1.54, 1.807) is 4.90 Å². The van der Waals surface area contributed by atoms with Crippen molar-refractivity contribution in [3.05, 3.63) is 16.2 Å². The van der Waals surface area contributed by atoms with E-state index >= 15 is 0 Å². The van der Waals surface area contributed by atoms with Crippen molar-refractivity contribution in [3.63, 3.8) is 0 Å². The van der Waals surface area contributed by atoms with Gasteiger partial charge in [0.2, 0.25) is 11.5 Å². The number of fused-ring (bicyclic) bond motifs is 1. The number of oxazole rings is 1. The van der Waals surface area contributed by atoms with E-state index in [-0.39, 0.29) is 35.7 Å². The zero-order valence-electron chi connectivity index (χ0n) is 19.2. The number of aliphatic hydroxyl groups excluding tert-OH is 1. The van der Waals surface area contributed by atoms with E-state index in [0.717, 1.165) is 12.8 Å². The lowest BCUT2D eigenvalue weighted by Gasteiger charge is -2.34. The van der Waals surface area contributed by atoms with Gasteiger partial charge in [-0.2, -0.15) is 4.98 Å². The average Bonchev–Trinajstić information content (AvgIpc) is 3.20. The number of nitrogens with zero attached hydrogens (tertiary/aromatic N) is 6. The topological polar surface area (TPSA) is 138 Å². The number of aromatic nitrogens is 2. The van der Waals surface area contributed by atoms with Crippen molar-refractivity contribution in [1.29, 1.82) is 0 Å². The molecule has 180 valence electrons. The second kappa shape index (κ2) is 9.00. The van der Waals surface area contributed by atoms with Crippen molar-refractivity contribution in [2.75, 3.05) is 55.7 Å². The van der Waals surface area contributed by atoms with Crippen LogP contribution in [0.3, 0.4) is 0 Å². The van der Waals surface area contributed by atoms with Crippen LogP contribution in [0.15, 0.2) is 10.5 Å². The molecule has 12 nitrogen and oxygen atoms in total. The number of piperidine rings is 1. The Hall–Kier alpha value is -3.15. The van der Waals surface area contributed by atoms with Crippen LogP contribution in [0.25, 0.3) is 11.2 Å². The summed E-state index contributed by atoms with van der Waals surface area (Å²) in [6, 6.07) is 1.70. The van der Waals surface area contributed by atoms with Gasteiger partial charge in [-0.15, -0.1) is 0 Å². The molecule has 0 aromatic carbocycles. The summed E-state index contributed by atoms with van der Waals surface area (Å²) < 4.78 is 11.2. The summed E-state index contributed by atoms with van der Waals surface area (Å²) in [7, 11) is 0. The van der Waals surface area contributed by atoms with Crippen LogP contribution >= 0.6 is 0 Å². The number of amides is 1. The number of hydrogen-bond donors (Lipinski definition) is 1. The second-order valence-electron chi connectivity index (χ2n) is 9.47. The molecule has 1 amide bonds. The molecule has 0 radical (unpaired) electrons. The fourth-order valence-corrected chi connectivity index (χ4v) is 4.07. The lowest BCUT2D eigenvalue weighted by atomic mass is 9.98. The fourth-order valence-electron chi connectivity index (χ4n) is 4.07. The Morgan fingerprint density at radius 1 is 1.18 bits per heavy atom. The predicted molar refractivity (Wildman–Crippen MR) is 121 cm³/mol. The van der Waals surface area contributed by atoms with Gasteiger partial charge in [-0.05, 0) is 39.5 Å². The van der Waals surface area contributed by atoms with Crippen LogP contribution in [0.4, 0.5) is 22.3 Å². The molecule has 12 heteroatoms. The first kappa shape index (κ1) is 23.0. The minimum atomic E-state index is -0.556. The highest BCUT2D eigenvalue weighted by Crippen LogP contribution is 2.34. The normalized spacial score (nSPS) is 18.1. The molecule has 2 aromatic rings. The van der Waals surface area contributed by atoms with Gasteiger partial charge in [0.1, 0.15) is 5.60 Å². The van der Waals surface area contributed by atoms with E-state index in [1.807, 2.05) is 30.6 Å². The molecule has 2 fully saturated rings. The fraction of sp³-hybridized carbons (Fsp3) is 0.667. The smallest absolute Gasteiger partial charge is 0.410 e. The summed E-state index contributed by atoms with van der Waals surface area (Å²) in [4.78, 5) is 37.9. The molecular weight excluding hydrogens is 432 g/mol. The number of carbonyl (C=O) groups is 1. The minimum Gasteiger partial charge on any atom is -0.444 e. The molecular formula is C21H30N6O6. The van der Waals surface area contributed by atoms with E-state index in [2.05, 4.69) is 9.97 Å². The molecule has 1 N–H and O–H groups in total. The maximum Gasteiger partial charge on any atom is 0.410 e. The first-order chi connectivity index (χ1) is 15.6. The van der Waals surface area contributed by atoms with E-state index in [0.29, 0.717) is 50.9 Å². The first-order valence-electron chi connectivity index (χ1n) is 11.2. The largest absolute Gasteiger partial charge is 0.444 e. The zero-order valence-corrected chi connectivity index (χ0v) is 19.2. The van der Waals surface area contributed by atoms with Gasteiger partial charge < -0.3 is 29.0 Å². The number of ether oxygens (including phenoxy) is 1. The van der Waals surface area contributed by atoms with Gasteiger partial charge in [-0.1, -0.05) is 0 Å². The molecule has 2 aliphatic rings. The number of piperazine rings is 1. The number of pyridine rings is 1. The summed E-state index contributed by atoms with van der Waals surface area (Å²) in [5, 5.41) is 21.1. The van der Waals surface area contributed by atoms with Gasteiger partial charge in [-0.25, -0.2) is 9.78 Å². The van der Waals surface area contributed by atoms with Crippen molar-refractivity contribution in [2.24, 2.45) is 5.92 Å². The third-order valence-corrected chi connectivity index (χ3v) is 5.90. The molecule has 0 aliphatic carbocycles. The molecule has 2 aromatic heterocycles. The third kappa shape index (κ3) is 5.10. The lowest BCUT2D eigenvalue weighted by Crippen LogP contribution is -2.50. The van der Waals surface area contributed by atoms with Crippen molar-refractivity contribution < 1.29 is 24.0 Å². The summed E-state index contributed by atoms with van der Waals surface area (Å²) in [6.07, 6.45) is 1.14. The average molecular weight is 463 g/mol. The molecule has 0 spiro atoms. The Balaban J connectivity index is 1.50. The molecule has 0 bridgehead atoms. The van der Waals surface area contributed by atoms with E-state index in [4.69, 9.17) is 9.15 Å². The predicted octanol–water partition coefficient (Wildman–Crippen LogP) is 2.40. The third-order valence-electron chi connectivity index (χ3n) is 5.90. The highest BCUT2D eigenvalue weighted by molar-refractivity contribution is 5.79. The molecule has 4 rings (SSSR count). The quantitative estimate of drug-likeness (QED) is 0.532. The van der Waals surface area contributed by atoms with Crippen molar-refractivity contribution in [3.8, 4) is 0 Å². The van der Waals surface area contributed by atoms with Crippen LogP contribution in [-0.4, -0.2) is 82.5 Å². The van der Waals surface area contributed by atoms with Crippen molar-refractivity contribution >= 4 is 34.8 Å². The van der Waals surface area contributed by atoms with Crippen LogP contribution in [0, 0.1) is 16.0 Å². The summed E-state index contributed by atoms with van der Waals surface area (Å²) in [5.74, 6) is 0.487. The molecule has 2 aliphatic heterocycles. The van der Waals surface area contributed by atoms with E-state index < -0.39 is 10.5 Å². The Kier molecular flexibility index (Phi) is 6.28. The number of anilines is 2. The van der Waals surface area contributed by atoms with Gasteiger partial charge in [0.15, 0.2) is 5.58 Å². The summed E-state index contributed by atoms with van der Waals surface area (Å²) in [5.41, 5.74) is -0.118. The zero-order chi connectivity index (χ0) is 23.8. The Labute approximate surface area is 191 Å². The maximum atomic E-state index is 12.3. The van der Waals surface area contributed by atoms with Gasteiger partial charge in [0.05, 0.1) is 11.0 Å². The number of nitro groups is 1. The highest BCUT2D eigenvalue weighted by atomic mass is 16.6. The monoisotopic (exact) mass is 462 g/mol. The molecule has 33 heavy (non-hydrogen) atoms. The van der Waals surface area contributed by atoms with Crippen LogP contribution in [-0.2, 0) is 4.74 Å². The van der Waals surface area contributed by atoms with E-state index in [1.165, 1.54) is 6.07 Å². The standard InChI is InChI=1S/C21H30N6O6/c1-21(2,3)33-20(29)26-10-8-25(9-11-26)19-23-17-16(32-19)12-15(27(30)31)18(22-17)24-6-4-14(13-28)5-7-24/h12,14,28H,4-11,13H2,1-3H3. The maximum absolute atomic E-state index is 12.3. The van der Waals surface area contributed by atoms with Crippen LogP contribution in [0.5, 0.6) is 0 Å². The number of hydrogen-bond acceptors (Lipinski definition) is 10. The molecule has 0 saturated carbocycles. The number of aliphatic hydroxyl groups is 1. The number of carbonyl (C=O) groups excluding carboxylic acids is 1. The van der Waals surface area contributed by atoms with Gasteiger partial charge >= 0.3 is 11.8 Å². The highest BCUT2D eigenvalue weighted by Gasteiger charge is 2.30. The Morgan fingerprint density at radius 2 is 1.85 bits per heavy atom.